The number of nitrogens with zero attached hydrogens (tertiary/aromatic N) is 2. The summed E-state index contributed by atoms with van der Waals surface area (Å²) in [6.07, 6.45) is -2.59. The SMILES string of the molecule is FC(F)(F)c1cn2c(n1)NC(c1ccccc1)CC2. The van der Waals surface area contributed by atoms with Gasteiger partial charge in [0.05, 0.1) is 6.04 Å². The van der Waals surface area contributed by atoms with Crippen LogP contribution in [0.5, 0.6) is 0 Å². The minimum Gasteiger partial charge on any atom is -0.349 e. The fraction of sp³-hybridized carbons (Fsp3) is 0.308. The zero-order valence-electron chi connectivity index (χ0n) is 9.98. The third kappa shape index (κ3) is 2.30. The van der Waals surface area contributed by atoms with Crippen LogP contribution in [0.3, 0.4) is 0 Å². The molecule has 1 aromatic heterocycles. The summed E-state index contributed by atoms with van der Waals surface area (Å²) in [5.74, 6) is 0.285. The molecule has 0 saturated heterocycles. The maximum absolute atomic E-state index is 12.6. The van der Waals surface area contributed by atoms with Crippen molar-refractivity contribution in [2.24, 2.45) is 0 Å². The summed E-state index contributed by atoms with van der Waals surface area (Å²) in [5, 5.41) is 3.06. The molecule has 0 radical (unpaired) electrons. The molecular formula is C13H12F3N3. The highest BCUT2D eigenvalue weighted by molar-refractivity contribution is 5.37. The van der Waals surface area contributed by atoms with Crippen molar-refractivity contribution in [2.45, 2.75) is 25.2 Å². The average Bonchev–Trinajstić information content (AvgIpc) is 2.82. The highest BCUT2D eigenvalue weighted by atomic mass is 19.4. The molecule has 0 fully saturated rings. The highest BCUT2D eigenvalue weighted by Crippen LogP contribution is 2.33. The zero-order chi connectivity index (χ0) is 13.5. The second kappa shape index (κ2) is 4.29. The van der Waals surface area contributed by atoms with Crippen LogP contribution in [0, 0.1) is 0 Å². The minimum atomic E-state index is -4.39. The van der Waals surface area contributed by atoms with Crippen LogP contribution in [0.2, 0.25) is 0 Å². The Morgan fingerprint density at radius 1 is 1.21 bits per heavy atom. The van der Waals surface area contributed by atoms with E-state index in [1.54, 1.807) is 0 Å². The molecule has 3 nitrogen and oxygen atoms in total. The van der Waals surface area contributed by atoms with E-state index in [0.29, 0.717) is 6.54 Å². The Hall–Kier alpha value is -1.98. The van der Waals surface area contributed by atoms with Crippen LogP contribution in [0.4, 0.5) is 19.1 Å². The van der Waals surface area contributed by atoms with E-state index in [0.717, 1.165) is 18.2 Å². The fourth-order valence-corrected chi connectivity index (χ4v) is 2.27. The van der Waals surface area contributed by atoms with Crippen LogP contribution in [-0.2, 0) is 12.7 Å². The molecule has 1 atom stereocenters. The molecule has 1 aliphatic rings. The predicted octanol–water partition coefficient (Wildman–Crippen LogP) is 3.46. The Balaban J connectivity index is 1.86. The normalized spacial score (nSPS) is 18.8. The molecule has 19 heavy (non-hydrogen) atoms. The molecule has 1 aromatic carbocycles. The van der Waals surface area contributed by atoms with Crippen molar-refractivity contribution in [1.29, 1.82) is 0 Å². The number of hydrogen-bond donors (Lipinski definition) is 1. The van der Waals surface area contributed by atoms with Crippen molar-refractivity contribution in [3.63, 3.8) is 0 Å². The lowest BCUT2D eigenvalue weighted by Gasteiger charge is -2.25. The molecule has 0 bridgehead atoms. The number of aryl methyl sites for hydroxylation is 1. The van der Waals surface area contributed by atoms with Crippen molar-refractivity contribution < 1.29 is 13.2 Å². The van der Waals surface area contributed by atoms with E-state index in [2.05, 4.69) is 10.3 Å². The first-order valence-corrected chi connectivity index (χ1v) is 6.00. The van der Waals surface area contributed by atoms with Gasteiger partial charge in [-0.2, -0.15) is 13.2 Å². The molecule has 3 rings (SSSR count). The molecule has 0 amide bonds. The van der Waals surface area contributed by atoms with Gasteiger partial charge in [-0.3, -0.25) is 0 Å². The molecule has 0 spiro atoms. The molecule has 2 aromatic rings. The van der Waals surface area contributed by atoms with Gasteiger partial charge in [0.1, 0.15) is 0 Å². The maximum atomic E-state index is 12.6. The van der Waals surface area contributed by atoms with Gasteiger partial charge < -0.3 is 9.88 Å². The number of hydrogen-bond acceptors (Lipinski definition) is 2. The van der Waals surface area contributed by atoms with E-state index in [-0.39, 0.29) is 12.0 Å². The molecule has 1 N–H and O–H groups in total. The van der Waals surface area contributed by atoms with Gasteiger partial charge in [0.2, 0.25) is 5.95 Å². The van der Waals surface area contributed by atoms with E-state index in [1.807, 2.05) is 30.3 Å². The van der Waals surface area contributed by atoms with Crippen LogP contribution in [0.15, 0.2) is 36.5 Å². The van der Waals surface area contributed by atoms with Crippen molar-refractivity contribution in [1.82, 2.24) is 9.55 Å². The van der Waals surface area contributed by atoms with Gasteiger partial charge in [0.15, 0.2) is 5.69 Å². The van der Waals surface area contributed by atoms with Gasteiger partial charge in [0, 0.05) is 12.7 Å². The van der Waals surface area contributed by atoms with E-state index in [1.165, 1.54) is 4.57 Å². The van der Waals surface area contributed by atoms with Crippen LogP contribution in [-0.4, -0.2) is 9.55 Å². The first-order chi connectivity index (χ1) is 9.04. The summed E-state index contributed by atoms with van der Waals surface area (Å²) in [6, 6.07) is 9.67. The summed E-state index contributed by atoms with van der Waals surface area (Å²) < 4.78 is 39.3. The molecule has 2 heterocycles. The van der Waals surface area contributed by atoms with Crippen molar-refractivity contribution in [3.8, 4) is 0 Å². The Bertz CT molecular complexity index is 575. The largest absolute Gasteiger partial charge is 0.434 e. The molecule has 100 valence electrons. The zero-order valence-corrected chi connectivity index (χ0v) is 9.98. The Morgan fingerprint density at radius 2 is 1.95 bits per heavy atom. The van der Waals surface area contributed by atoms with Crippen molar-refractivity contribution in [2.75, 3.05) is 5.32 Å². The molecule has 6 heteroatoms. The first-order valence-electron chi connectivity index (χ1n) is 6.00. The van der Waals surface area contributed by atoms with Crippen LogP contribution in [0.1, 0.15) is 23.7 Å². The average molecular weight is 267 g/mol. The number of imidazole rings is 1. The lowest BCUT2D eigenvalue weighted by molar-refractivity contribution is -0.140. The third-order valence-corrected chi connectivity index (χ3v) is 3.23. The third-order valence-electron chi connectivity index (χ3n) is 3.23. The van der Waals surface area contributed by atoms with Gasteiger partial charge in [-0.15, -0.1) is 0 Å². The fourth-order valence-electron chi connectivity index (χ4n) is 2.27. The van der Waals surface area contributed by atoms with Crippen LogP contribution >= 0.6 is 0 Å². The Labute approximate surface area is 108 Å². The summed E-state index contributed by atoms with van der Waals surface area (Å²) in [5.41, 5.74) is 0.217. The first kappa shape index (κ1) is 12.1. The Morgan fingerprint density at radius 3 is 2.63 bits per heavy atom. The van der Waals surface area contributed by atoms with Gasteiger partial charge in [-0.25, -0.2) is 4.98 Å². The topological polar surface area (TPSA) is 29.9 Å². The lowest BCUT2D eigenvalue weighted by Crippen LogP contribution is -2.21. The van der Waals surface area contributed by atoms with Crippen LogP contribution in [0.25, 0.3) is 0 Å². The van der Waals surface area contributed by atoms with E-state index in [9.17, 15) is 13.2 Å². The molecular weight excluding hydrogens is 255 g/mol. The number of rotatable bonds is 1. The predicted molar refractivity (Wildman–Crippen MR) is 64.7 cm³/mol. The quantitative estimate of drug-likeness (QED) is 0.857. The second-order valence-corrected chi connectivity index (χ2v) is 4.54. The van der Waals surface area contributed by atoms with E-state index < -0.39 is 11.9 Å². The minimum absolute atomic E-state index is 0.0113. The van der Waals surface area contributed by atoms with E-state index in [4.69, 9.17) is 0 Å². The standard InChI is InChI=1S/C13H12F3N3/c14-13(15,16)11-8-19-7-6-10(17-12(19)18-11)9-4-2-1-3-5-9/h1-5,8,10H,6-7H2,(H,17,18). The van der Waals surface area contributed by atoms with Gasteiger partial charge in [-0.05, 0) is 12.0 Å². The van der Waals surface area contributed by atoms with Crippen molar-refractivity contribution >= 4 is 5.95 Å². The molecule has 1 aliphatic heterocycles. The number of halogens is 3. The number of alkyl halides is 3. The smallest absolute Gasteiger partial charge is 0.349 e. The number of fused-ring (bicyclic) bond motifs is 1. The Kier molecular flexibility index (Phi) is 2.73. The summed E-state index contributed by atoms with van der Waals surface area (Å²) in [7, 11) is 0. The van der Waals surface area contributed by atoms with Gasteiger partial charge in [-0.1, -0.05) is 30.3 Å². The molecule has 0 saturated carbocycles. The van der Waals surface area contributed by atoms with Crippen molar-refractivity contribution in [3.05, 3.63) is 47.8 Å². The number of nitrogens with one attached hydrogen (secondary N) is 1. The monoisotopic (exact) mass is 267 g/mol. The lowest BCUT2D eigenvalue weighted by atomic mass is 10.0. The number of anilines is 1. The summed E-state index contributed by atoms with van der Waals surface area (Å²) in [4.78, 5) is 3.62. The van der Waals surface area contributed by atoms with Gasteiger partial charge >= 0.3 is 6.18 Å². The highest BCUT2D eigenvalue weighted by Gasteiger charge is 2.35. The van der Waals surface area contributed by atoms with E-state index >= 15 is 0 Å². The second-order valence-electron chi connectivity index (χ2n) is 4.54. The maximum Gasteiger partial charge on any atom is 0.434 e. The van der Waals surface area contributed by atoms with Crippen LogP contribution < -0.4 is 5.32 Å². The number of aromatic nitrogens is 2. The van der Waals surface area contributed by atoms with Gasteiger partial charge in [0.25, 0.3) is 0 Å². The molecule has 0 aliphatic carbocycles. The number of benzene rings is 1. The summed E-state index contributed by atoms with van der Waals surface area (Å²) in [6.45, 7) is 0.533. The molecule has 1 unspecified atom stereocenters. The summed E-state index contributed by atoms with van der Waals surface area (Å²) >= 11 is 0.